The molecule has 1 saturated carbocycles. The highest BCUT2D eigenvalue weighted by Crippen LogP contribution is 2.48. The summed E-state index contributed by atoms with van der Waals surface area (Å²) in [4.78, 5) is 11.7. The quantitative estimate of drug-likeness (QED) is 0.813. The molecule has 1 aliphatic rings. The minimum atomic E-state index is -0.267. The lowest BCUT2D eigenvalue weighted by Gasteiger charge is -2.18. The zero-order chi connectivity index (χ0) is 12.6. The van der Waals surface area contributed by atoms with Crippen LogP contribution in [0.25, 0.3) is 0 Å². The van der Waals surface area contributed by atoms with Crippen LogP contribution in [0.3, 0.4) is 0 Å². The monoisotopic (exact) mass is 233 g/mol. The van der Waals surface area contributed by atoms with E-state index in [4.69, 9.17) is 10.5 Å². The van der Waals surface area contributed by atoms with Gasteiger partial charge in [-0.2, -0.15) is 0 Å². The maximum absolute atomic E-state index is 11.7. The van der Waals surface area contributed by atoms with E-state index in [1.54, 1.807) is 0 Å². The second kappa shape index (κ2) is 4.15. The molecule has 0 amide bonds. The molecule has 17 heavy (non-hydrogen) atoms. The summed E-state index contributed by atoms with van der Waals surface area (Å²) in [5.41, 5.74) is 10.0. The average Bonchev–Trinajstić information content (AvgIpc) is 3.09. The number of carbonyl (C=O) groups is 1. The van der Waals surface area contributed by atoms with Gasteiger partial charge in [0.2, 0.25) is 0 Å². The van der Waals surface area contributed by atoms with Crippen molar-refractivity contribution >= 4 is 5.97 Å². The fourth-order valence-electron chi connectivity index (χ4n) is 2.49. The van der Waals surface area contributed by atoms with Gasteiger partial charge in [-0.05, 0) is 49.4 Å². The summed E-state index contributed by atoms with van der Waals surface area (Å²) in [7, 11) is 1.41. The first kappa shape index (κ1) is 12.1. The molecule has 0 aromatic heterocycles. The lowest BCUT2D eigenvalue weighted by molar-refractivity contribution is 0.0600. The van der Waals surface area contributed by atoms with Crippen molar-refractivity contribution in [3.8, 4) is 0 Å². The van der Waals surface area contributed by atoms with Gasteiger partial charge in [-0.1, -0.05) is 6.07 Å². The van der Waals surface area contributed by atoms with E-state index in [0.29, 0.717) is 12.1 Å². The van der Waals surface area contributed by atoms with Crippen LogP contribution in [0, 0.1) is 13.8 Å². The highest BCUT2D eigenvalue weighted by molar-refractivity contribution is 5.91. The minimum absolute atomic E-state index is 0.112. The van der Waals surface area contributed by atoms with E-state index in [1.165, 1.54) is 18.2 Å². The topological polar surface area (TPSA) is 52.3 Å². The Balaban J connectivity index is 2.50. The molecule has 1 aliphatic carbocycles. The summed E-state index contributed by atoms with van der Waals surface area (Å²) < 4.78 is 4.81. The van der Waals surface area contributed by atoms with Crippen LogP contribution in [-0.2, 0) is 10.2 Å². The SMILES string of the molecule is COC(=O)c1cc(C2(CN)CC2)c(C)cc1C. The Morgan fingerprint density at radius 2 is 2.00 bits per heavy atom. The predicted octanol–water partition coefficient (Wildman–Crippen LogP) is 2.08. The van der Waals surface area contributed by atoms with Gasteiger partial charge in [-0.15, -0.1) is 0 Å². The molecule has 2 N–H and O–H groups in total. The van der Waals surface area contributed by atoms with Crippen molar-refractivity contribution in [2.45, 2.75) is 32.1 Å². The molecule has 3 nitrogen and oxygen atoms in total. The number of ether oxygens (including phenoxy) is 1. The van der Waals surface area contributed by atoms with E-state index in [-0.39, 0.29) is 11.4 Å². The molecule has 92 valence electrons. The second-order valence-electron chi connectivity index (χ2n) is 4.96. The third-order valence-corrected chi connectivity index (χ3v) is 3.79. The first-order chi connectivity index (χ1) is 8.04. The summed E-state index contributed by atoms with van der Waals surface area (Å²) >= 11 is 0. The van der Waals surface area contributed by atoms with Gasteiger partial charge in [0.25, 0.3) is 0 Å². The van der Waals surface area contributed by atoms with E-state index in [1.807, 2.05) is 13.0 Å². The molecule has 0 atom stereocenters. The molecule has 0 bridgehead atoms. The number of hydrogen-bond acceptors (Lipinski definition) is 3. The Hall–Kier alpha value is -1.35. The number of esters is 1. The van der Waals surface area contributed by atoms with Crippen LogP contribution in [0.1, 0.15) is 39.9 Å². The molecule has 0 saturated heterocycles. The van der Waals surface area contributed by atoms with Crippen LogP contribution in [0.5, 0.6) is 0 Å². The molecule has 2 rings (SSSR count). The van der Waals surface area contributed by atoms with Crippen LogP contribution >= 0.6 is 0 Å². The number of benzene rings is 1. The first-order valence-corrected chi connectivity index (χ1v) is 5.94. The van der Waals surface area contributed by atoms with Crippen LogP contribution in [0.2, 0.25) is 0 Å². The molecule has 1 aromatic rings. The second-order valence-corrected chi connectivity index (χ2v) is 4.96. The van der Waals surface area contributed by atoms with Crippen molar-refractivity contribution in [1.82, 2.24) is 0 Å². The maximum atomic E-state index is 11.7. The number of rotatable bonds is 3. The Morgan fingerprint density at radius 3 is 2.47 bits per heavy atom. The van der Waals surface area contributed by atoms with Crippen molar-refractivity contribution in [3.63, 3.8) is 0 Å². The summed E-state index contributed by atoms with van der Waals surface area (Å²) in [6.07, 6.45) is 2.24. The van der Waals surface area contributed by atoms with E-state index >= 15 is 0 Å². The third-order valence-electron chi connectivity index (χ3n) is 3.79. The Kier molecular flexibility index (Phi) is 2.96. The molecule has 0 unspecified atom stereocenters. The van der Waals surface area contributed by atoms with Crippen LogP contribution in [-0.4, -0.2) is 19.6 Å². The Bertz CT molecular complexity index is 462. The Labute approximate surface area is 102 Å². The molecular formula is C14H19NO2. The summed E-state index contributed by atoms with van der Waals surface area (Å²) in [5.74, 6) is -0.267. The average molecular weight is 233 g/mol. The lowest BCUT2D eigenvalue weighted by atomic mass is 9.88. The highest BCUT2D eigenvalue weighted by Gasteiger charge is 2.44. The normalized spacial score (nSPS) is 16.7. The zero-order valence-electron chi connectivity index (χ0n) is 10.7. The van der Waals surface area contributed by atoms with Gasteiger partial charge in [0.1, 0.15) is 0 Å². The maximum Gasteiger partial charge on any atom is 0.338 e. The molecule has 1 fully saturated rings. The van der Waals surface area contributed by atoms with E-state index < -0.39 is 0 Å². The molecule has 0 heterocycles. The summed E-state index contributed by atoms with van der Waals surface area (Å²) in [5, 5.41) is 0. The van der Waals surface area contributed by atoms with Crippen LogP contribution in [0.4, 0.5) is 0 Å². The molecule has 0 aliphatic heterocycles. The largest absolute Gasteiger partial charge is 0.465 e. The lowest BCUT2D eigenvalue weighted by Crippen LogP contribution is -2.21. The molecular weight excluding hydrogens is 214 g/mol. The van der Waals surface area contributed by atoms with E-state index in [0.717, 1.165) is 18.4 Å². The number of hydrogen-bond donors (Lipinski definition) is 1. The number of methoxy groups -OCH3 is 1. The molecule has 3 heteroatoms. The molecule has 0 radical (unpaired) electrons. The zero-order valence-corrected chi connectivity index (χ0v) is 10.7. The number of nitrogens with two attached hydrogens (primary N) is 1. The van der Waals surface area contributed by atoms with Gasteiger partial charge in [0.05, 0.1) is 12.7 Å². The first-order valence-electron chi connectivity index (χ1n) is 5.94. The molecule has 1 aromatic carbocycles. The van der Waals surface area contributed by atoms with E-state index in [9.17, 15) is 4.79 Å². The molecule has 0 spiro atoms. The van der Waals surface area contributed by atoms with Gasteiger partial charge >= 0.3 is 5.97 Å². The van der Waals surface area contributed by atoms with Crippen molar-refractivity contribution in [2.24, 2.45) is 5.73 Å². The Morgan fingerprint density at radius 1 is 1.35 bits per heavy atom. The van der Waals surface area contributed by atoms with Crippen molar-refractivity contribution in [3.05, 3.63) is 34.4 Å². The van der Waals surface area contributed by atoms with Gasteiger partial charge in [0, 0.05) is 12.0 Å². The van der Waals surface area contributed by atoms with Crippen molar-refractivity contribution in [2.75, 3.05) is 13.7 Å². The van der Waals surface area contributed by atoms with Gasteiger partial charge in [0.15, 0.2) is 0 Å². The highest BCUT2D eigenvalue weighted by atomic mass is 16.5. The smallest absolute Gasteiger partial charge is 0.338 e. The fourth-order valence-corrected chi connectivity index (χ4v) is 2.49. The number of carbonyl (C=O) groups excluding carboxylic acids is 1. The van der Waals surface area contributed by atoms with Gasteiger partial charge < -0.3 is 10.5 Å². The summed E-state index contributed by atoms with van der Waals surface area (Å²) in [6.45, 7) is 4.67. The van der Waals surface area contributed by atoms with E-state index in [2.05, 4.69) is 13.0 Å². The predicted molar refractivity (Wildman–Crippen MR) is 67.2 cm³/mol. The standard InChI is InChI=1S/C14H19NO2/c1-9-6-10(2)12(14(8-15)4-5-14)7-11(9)13(16)17-3/h6-7H,4-5,8,15H2,1-3H3. The van der Waals surface area contributed by atoms with Crippen molar-refractivity contribution < 1.29 is 9.53 Å². The van der Waals surface area contributed by atoms with Gasteiger partial charge in [-0.25, -0.2) is 4.79 Å². The number of aryl methyl sites for hydroxylation is 2. The minimum Gasteiger partial charge on any atom is -0.465 e. The fraction of sp³-hybridized carbons (Fsp3) is 0.500. The van der Waals surface area contributed by atoms with Crippen LogP contribution in [0.15, 0.2) is 12.1 Å². The third kappa shape index (κ3) is 1.95. The summed E-state index contributed by atoms with van der Waals surface area (Å²) in [6, 6.07) is 4.02. The van der Waals surface area contributed by atoms with Crippen molar-refractivity contribution in [1.29, 1.82) is 0 Å². The van der Waals surface area contributed by atoms with Gasteiger partial charge in [-0.3, -0.25) is 0 Å². The van der Waals surface area contributed by atoms with Crippen LogP contribution < -0.4 is 5.73 Å².